The summed E-state index contributed by atoms with van der Waals surface area (Å²) < 4.78 is 0. The third-order valence-electron chi connectivity index (χ3n) is 4.62. The lowest BCUT2D eigenvalue weighted by atomic mass is 10.2. The molecule has 1 aromatic heterocycles. The highest BCUT2D eigenvalue weighted by Crippen LogP contribution is 2.23. The molecule has 1 N–H and O–H groups in total. The van der Waals surface area contributed by atoms with Crippen molar-refractivity contribution in [2.75, 3.05) is 32.1 Å². The number of nitrogens with one attached hydrogen (secondary N) is 1. The maximum absolute atomic E-state index is 4.80. The zero-order chi connectivity index (χ0) is 18.4. The molecule has 0 saturated carbocycles. The number of hydrogen-bond donors (Lipinski definition) is 1. The molecule has 0 atom stereocenters. The van der Waals surface area contributed by atoms with E-state index >= 15 is 0 Å². The Balaban J connectivity index is 1.71. The van der Waals surface area contributed by atoms with E-state index in [-0.39, 0.29) is 0 Å². The van der Waals surface area contributed by atoms with Crippen LogP contribution in [0, 0.1) is 6.92 Å². The molecule has 0 spiro atoms. The van der Waals surface area contributed by atoms with Crippen LogP contribution in [0.3, 0.4) is 0 Å². The second kappa shape index (κ2) is 8.70. The minimum Gasteiger partial charge on any atom is -0.356 e. The fourth-order valence-electron chi connectivity index (χ4n) is 3.19. The first kappa shape index (κ1) is 18.2. The third-order valence-corrected chi connectivity index (χ3v) is 4.62. The molecule has 1 aliphatic rings. The summed E-state index contributed by atoms with van der Waals surface area (Å²) in [6.45, 7) is 5.67. The third kappa shape index (κ3) is 4.75. The number of guanidine groups is 1. The Morgan fingerprint density at radius 3 is 2.54 bits per heavy atom. The lowest BCUT2D eigenvalue weighted by Crippen LogP contribution is -2.36. The SMILES string of the molecule is Cc1ccc(CNC(=NCc2ccccc2)N(C)C)c(N2CCCC2)n1. The number of nitrogens with zero attached hydrogens (tertiary/aromatic N) is 4. The lowest BCUT2D eigenvalue weighted by molar-refractivity contribution is 0.578. The quantitative estimate of drug-likeness (QED) is 0.664. The average Bonchev–Trinajstić information content (AvgIpc) is 3.17. The molecule has 2 heterocycles. The van der Waals surface area contributed by atoms with E-state index in [1.807, 2.05) is 37.2 Å². The van der Waals surface area contributed by atoms with Gasteiger partial charge in [-0.25, -0.2) is 9.98 Å². The predicted molar refractivity (Wildman–Crippen MR) is 109 cm³/mol. The Labute approximate surface area is 156 Å². The molecule has 1 aliphatic heterocycles. The van der Waals surface area contributed by atoms with Crippen molar-refractivity contribution in [1.29, 1.82) is 0 Å². The van der Waals surface area contributed by atoms with Crippen molar-refractivity contribution in [3.05, 3.63) is 59.3 Å². The van der Waals surface area contributed by atoms with Crippen LogP contribution in [0.4, 0.5) is 5.82 Å². The fraction of sp³-hybridized carbons (Fsp3) is 0.429. The molecule has 1 fully saturated rings. The van der Waals surface area contributed by atoms with Crippen molar-refractivity contribution in [3.8, 4) is 0 Å². The summed E-state index contributed by atoms with van der Waals surface area (Å²) in [6.07, 6.45) is 2.51. The minimum absolute atomic E-state index is 0.673. The molecule has 5 heteroatoms. The summed E-state index contributed by atoms with van der Waals surface area (Å²) >= 11 is 0. The van der Waals surface area contributed by atoms with Gasteiger partial charge in [0.2, 0.25) is 0 Å². The van der Waals surface area contributed by atoms with Gasteiger partial charge < -0.3 is 15.1 Å². The highest BCUT2D eigenvalue weighted by molar-refractivity contribution is 5.79. The van der Waals surface area contributed by atoms with Gasteiger partial charge >= 0.3 is 0 Å². The Hall–Kier alpha value is -2.56. The maximum Gasteiger partial charge on any atom is 0.194 e. The highest BCUT2D eigenvalue weighted by Gasteiger charge is 2.17. The first-order valence-electron chi connectivity index (χ1n) is 9.34. The summed E-state index contributed by atoms with van der Waals surface area (Å²) in [7, 11) is 4.04. The molecule has 0 aliphatic carbocycles. The Morgan fingerprint density at radius 1 is 1.12 bits per heavy atom. The zero-order valence-electron chi connectivity index (χ0n) is 16.1. The zero-order valence-corrected chi connectivity index (χ0v) is 16.1. The lowest BCUT2D eigenvalue weighted by Gasteiger charge is -2.22. The summed E-state index contributed by atoms with van der Waals surface area (Å²) in [5, 5.41) is 3.50. The molecular weight excluding hydrogens is 322 g/mol. The predicted octanol–water partition coefficient (Wildman–Crippen LogP) is 3.20. The highest BCUT2D eigenvalue weighted by atomic mass is 15.3. The second-order valence-corrected chi connectivity index (χ2v) is 7.00. The van der Waals surface area contributed by atoms with Gasteiger partial charge in [-0.1, -0.05) is 36.4 Å². The van der Waals surface area contributed by atoms with E-state index in [4.69, 9.17) is 9.98 Å². The van der Waals surface area contributed by atoms with E-state index in [0.717, 1.165) is 37.1 Å². The van der Waals surface area contributed by atoms with E-state index in [1.54, 1.807) is 0 Å². The number of hydrogen-bond acceptors (Lipinski definition) is 3. The Bertz CT molecular complexity index is 733. The topological polar surface area (TPSA) is 43.8 Å². The molecule has 26 heavy (non-hydrogen) atoms. The van der Waals surface area contributed by atoms with Gasteiger partial charge in [0, 0.05) is 45.0 Å². The molecule has 3 rings (SSSR count). The fourth-order valence-corrected chi connectivity index (χ4v) is 3.19. The van der Waals surface area contributed by atoms with Crippen molar-refractivity contribution >= 4 is 11.8 Å². The first-order chi connectivity index (χ1) is 12.6. The van der Waals surface area contributed by atoms with E-state index in [2.05, 4.69) is 41.4 Å². The van der Waals surface area contributed by atoms with Crippen molar-refractivity contribution in [2.24, 2.45) is 4.99 Å². The van der Waals surface area contributed by atoms with Crippen molar-refractivity contribution in [3.63, 3.8) is 0 Å². The van der Waals surface area contributed by atoms with Crippen LogP contribution in [-0.4, -0.2) is 43.0 Å². The number of aromatic nitrogens is 1. The monoisotopic (exact) mass is 351 g/mol. The van der Waals surface area contributed by atoms with Gasteiger partial charge in [0.15, 0.2) is 5.96 Å². The van der Waals surface area contributed by atoms with Crippen LogP contribution in [-0.2, 0) is 13.1 Å². The van der Waals surface area contributed by atoms with Crippen LogP contribution in [0.15, 0.2) is 47.5 Å². The minimum atomic E-state index is 0.673. The number of rotatable bonds is 5. The smallest absolute Gasteiger partial charge is 0.194 e. The summed E-state index contributed by atoms with van der Waals surface area (Å²) in [6, 6.07) is 14.6. The molecule has 0 amide bonds. The largest absolute Gasteiger partial charge is 0.356 e. The second-order valence-electron chi connectivity index (χ2n) is 7.00. The van der Waals surface area contributed by atoms with Gasteiger partial charge in [-0.15, -0.1) is 0 Å². The standard InChI is InChI=1S/C21H29N5/c1-17-11-12-19(20(24-17)26-13-7-8-14-26)16-23-21(25(2)3)22-15-18-9-5-4-6-10-18/h4-6,9-12H,7-8,13-16H2,1-3H3,(H,22,23). The van der Waals surface area contributed by atoms with Crippen molar-refractivity contribution in [2.45, 2.75) is 32.9 Å². The summed E-state index contributed by atoms with van der Waals surface area (Å²) in [4.78, 5) is 14.0. The van der Waals surface area contributed by atoms with Gasteiger partial charge in [-0.3, -0.25) is 0 Å². The molecular formula is C21H29N5. The van der Waals surface area contributed by atoms with Gasteiger partial charge in [-0.05, 0) is 31.4 Å². The molecule has 138 valence electrons. The number of aryl methyl sites for hydroxylation is 1. The van der Waals surface area contributed by atoms with Gasteiger partial charge in [-0.2, -0.15) is 0 Å². The number of aliphatic imine (C=N–C) groups is 1. The van der Waals surface area contributed by atoms with E-state index in [0.29, 0.717) is 6.54 Å². The normalized spacial score (nSPS) is 14.6. The van der Waals surface area contributed by atoms with Crippen LogP contribution in [0.25, 0.3) is 0 Å². The molecule has 1 aromatic carbocycles. The van der Waals surface area contributed by atoms with E-state index < -0.39 is 0 Å². The summed E-state index contributed by atoms with van der Waals surface area (Å²) in [5.41, 5.74) is 3.51. The van der Waals surface area contributed by atoms with Crippen LogP contribution in [0.2, 0.25) is 0 Å². The number of benzene rings is 1. The molecule has 0 radical (unpaired) electrons. The summed E-state index contributed by atoms with van der Waals surface area (Å²) in [5.74, 6) is 2.01. The molecule has 5 nitrogen and oxygen atoms in total. The van der Waals surface area contributed by atoms with Crippen LogP contribution in [0.5, 0.6) is 0 Å². The van der Waals surface area contributed by atoms with E-state index in [1.165, 1.54) is 24.0 Å². The molecule has 1 saturated heterocycles. The van der Waals surface area contributed by atoms with Crippen LogP contribution >= 0.6 is 0 Å². The number of pyridine rings is 1. The molecule has 2 aromatic rings. The van der Waals surface area contributed by atoms with Gasteiger partial charge in [0.05, 0.1) is 6.54 Å². The van der Waals surface area contributed by atoms with Crippen molar-refractivity contribution in [1.82, 2.24) is 15.2 Å². The van der Waals surface area contributed by atoms with Crippen LogP contribution in [0.1, 0.15) is 29.7 Å². The first-order valence-corrected chi connectivity index (χ1v) is 9.34. The average molecular weight is 351 g/mol. The molecule has 0 unspecified atom stereocenters. The number of anilines is 1. The van der Waals surface area contributed by atoms with Gasteiger partial charge in [0.25, 0.3) is 0 Å². The Kier molecular flexibility index (Phi) is 6.10. The van der Waals surface area contributed by atoms with E-state index in [9.17, 15) is 0 Å². The van der Waals surface area contributed by atoms with Gasteiger partial charge in [0.1, 0.15) is 5.82 Å². The molecule has 0 bridgehead atoms. The maximum atomic E-state index is 4.80. The van der Waals surface area contributed by atoms with Crippen molar-refractivity contribution < 1.29 is 0 Å². The Morgan fingerprint density at radius 2 is 1.85 bits per heavy atom. The van der Waals surface area contributed by atoms with Crippen LogP contribution < -0.4 is 10.2 Å².